The predicted octanol–water partition coefficient (Wildman–Crippen LogP) is 8.65. The third kappa shape index (κ3) is 12.8. The second-order valence-electron chi connectivity index (χ2n) is 17.5. The van der Waals surface area contributed by atoms with Crippen molar-refractivity contribution in [1.82, 2.24) is 0 Å². The van der Waals surface area contributed by atoms with Crippen LogP contribution < -0.4 is 9.47 Å². The lowest BCUT2D eigenvalue weighted by Crippen LogP contribution is -2.56. The van der Waals surface area contributed by atoms with E-state index < -0.39 is 75.6 Å². The van der Waals surface area contributed by atoms with E-state index >= 15 is 0 Å². The molecule has 3 saturated heterocycles. The highest BCUT2D eigenvalue weighted by atomic mass is 28.3. The summed E-state index contributed by atoms with van der Waals surface area (Å²) in [5, 5.41) is 12.6. The van der Waals surface area contributed by atoms with Crippen molar-refractivity contribution in [1.29, 1.82) is 0 Å². The molecule has 3 aliphatic heterocycles. The summed E-state index contributed by atoms with van der Waals surface area (Å²) in [7, 11) is -1.18. The number of esters is 1. The first-order valence-corrected chi connectivity index (χ1v) is 25.4. The summed E-state index contributed by atoms with van der Waals surface area (Å²) in [5.74, 6) is 0.765. The van der Waals surface area contributed by atoms with Crippen LogP contribution in [0, 0.1) is 0 Å². The summed E-state index contributed by atoms with van der Waals surface area (Å²) in [5.41, 5.74) is 1.45. The molecule has 7 rings (SSSR count). The molecular weight excluding hydrogens is 797 g/mol. The zero-order valence-electron chi connectivity index (χ0n) is 36.2. The molecule has 330 valence electrons. The maximum absolute atomic E-state index is 13.5. The Morgan fingerprint density at radius 1 is 0.705 bits per heavy atom. The first kappa shape index (κ1) is 45.1. The van der Waals surface area contributed by atoms with Gasteiger partial charge in [0.2, 0.25) is 6.29 Å². The van der Waals surface area contributed by atoms with Gasteiger partial charge in [-0.05, 0) is 92.0 Å². The highest BCUT2D eigenvalue weighted by molar-refractivity contribution is 6.76. The Kier molecular flexibility index (Phi) is 15.5. The van der Waals surface area contributed by atoms with E-state index in [1.54, 1.807) is 24.3 Å². The molecule has 0 amide bonds. The number of carbonyl (C=O) groups excluding carboxylic acids is 1. The predicted molar refractivity (Wildman–Crippen MR) is 232 cm³/mol. The van der Waals surface area contributed by atoms with Gasteiger partial charge in [0.05, 0.1) is 42.7 Å². The number of hydrogen-bond donors (Lipinski definition) is 1. The number of aliphatic hydroxyl groups is 1. The van der Waals surface area contributed by atoms with Gasteiger partial charge in [-0.1, -0.05) is 74.2 Å². The van der Waals surface area contributed by atoms with Gasteiger partial charge in [-0.25, -0.2) is 4.79 Å². The topological polar surface area (TPSA) is 130 Å². The van der Waals surface area contributed by atoms with Crippen LogP contribution in [0.4, 0.5) is 0 Å². The Labute approximate surface area is 360 Å². The lowest BCUT2D eigenvalue weighted by Gasteiger charge is -2.45. The standard InChI is InChI=1S/C48H62O12Si/c1-31-40(49)22-23-43(54-31)59-46-32(2)56-45(27-41(46)52-29-34-16-17-35-12-10-11-15-37(35)26-34)58-42-28-44(55-33(3)47(42)60-48(50)36-13-8-7-9-14-36)57-39-20-18-38(19-21-39)53-30-51-24-25-61(4,5)6/h7-21,26,31-33,40-47,49H,22-25,27-30H2,1-6H3/t31-,32+,33+,40-,41+,42+,43-,44-,45-,46+,47+/m0/s1. The molecule has 0 aliphatic carbocycles. The van der Waals surface area contributed by atoms with Crippen LogP contribution in [0.2, 0.25) is 25.7 Å². The van der Waals surface area contributed by atoms with Crippen molar-refractivity contribution < 1.29 is 57.3 Å². The number of carbonyl (C=O) groups is 1. The molecule has 0 unspecified atom stereocenters. The summed E-state index contributed by atoms with van der Waals surface area (Å²) < 4.78 is 63.1. The summed E-state index contributed by atoms with van der Waals surface area (Å²) >= 11 is 0. The van der Waals surface area contributed by atoms with Crippen molar-refractivity contribution in [2.75, 3.05) is 13.4 Å². The Morgan fingerprint density at radius 3 is 2.13 bits per heavy atom. The molecule has 4 aromatic rings. The van der Waals surface area contributed by atoms with Gasteiger partial charge < -0.3 is 52.5 Å². The van der Waals surface area contributed by atoms with Crippen molar-refractivity contribution in [3.63, 3.8) is 0 Å². The minimum absolute atomic E-state index is 0.178. The minimum atomic E-state index is -1.18. The van der Waals surface area contributed by atoms with Crippen LogP contribution in [0.15, 0.2) is 97.1 Å². The number of rotatable bonds is 17. The maximum Gasteiger partial charge on any atom is 0.338 e. The molecule has 1 N–H and O–H groups in total. The van der Waals surface area contributed by atoms with E-state index in [1.165, 1.54) is 0 Å². The summed E-state index contributed by atoms with van der Waals surface area (Å²) in [6.07, 6.45) is -4.66. The van der Waals surface area contributed by atoms with Gasteiger partial charge in [-0.15, -0.1) is 0 Å². The minimum Gasteiger partial charge on any atom is -0.468 e. The molecule has 4 aromatic carbocycles. The van der Waals surface area contributed by atoms with E-state index in [-0.39, 0.29) is 19.3 Å². The fourth-order valence-electron chi connectivity index (χ4n) is 7.85. The van der Waals surface area contributed by atoms with Gasteiger partial charge in [0.15, 0.2) is 25.5 Å². The van der Waals surface area contributed by atoms with Crippen LogP contribution in [0.1, 0.15) is 62.4 Å². The number of ether oxygens (including phenoxy) is 10. The first-order valence-electron chi connectivity index (χ1n) is 21.6. The number of hydrogen-bond acceptors (Lipinski definition) is 12. The van der Waals surface area contributed by atoms with Crippen molar-refractivity contribution in [2.45, 2.75) is 146 Å². The normalized spacial score (nSPS) is 29.5. The number of fused-ring (bicyclic) bond motifs is 1. The molecule has 0 bridgehead atoms. The molecule has 3 heterocycles. The largest absolute Gasteiger partial charge is 0.468 e. The average Bonchev–Trinajstić information content (AvgIpc) is 3.24. The zero-order valence-corrected chi connectivity index (χ0v) is 37.2. The number of benzene rings is 4. The van der Waals surface area contributed by atoms with Gasteiger partial charge in [0.25, 0.3) is 0 Å². The van der Waals surface area contributed by atoms with Gasteiger partial charge in [0.1, 0.15) is 23.7 Å². The molecule has 3 fully saturated rings. The van der Waals surface area contributed by atoms with Crippen molar-refractivity contribution in [2.24, 2.45) is 0 Å². The summed E-state index contributed by atoms with van der Waals surface area (Å²) in [4.78, 5) is 13.5. The Balaban J connectivity index is 1.05. The molecule has 11 atom stereocenters. The quantitative estimate of drug-likeness (QED) is 0.0472. The highest BCUT2D eigenvalue weighted by Crippen LogP contribution is 2.35. The van der Waals surface area contributed by atoms with Crippen molar-refractivity contribution in [3.8, 4) is 11.5 Å². The molecular formula is C48H62O12Si. The smallest absolute Gasteiger partial charge is 0.338 e. The molecule has 0 aromatic heterocycles. The van der Waals surface area contributed by atoms with Crippen LogP contribution in [0.3, 0.4) is 0 Å². The van der Waals surface area contributed by atoms with Crippen molar-refractivity contribution >= 4 is 24.8 Å². The molecule has 61 heavy (non-hydrogen) atoms. The van der Waals surface area contributed by atoms with E-state index in [2.05, 4.69) is 50.0 Å². The van der Waals surface area contributed by atoms with E-state index in [9.17, 15) is 9.90 Å². The highest BCUT2D eigenvalue weighted by Gasteiger charge is 2.46. The van der Waals surface area contributed by atoms with Crippen LogP contribution in [-0.4, -0.2) is 100 Å². The maximum atomic E-state index is 13.5. The molecule has 0 saturated carbocycles. The second kappa shape index (κ2) is 21.0. The molecule has 3 aliphatic rings. The third-order valence-corrected chi connectivity index (χ3v) is 13.1. The van der Waals surface area contributed by atoms with Crippen molar-refractivity contribution in [3.05, 3.63) is 108 Å². The zero-order chi connectivity index (χ0) is 42.9. The van der Waals surface area contributed by atoms with Gasteiger partial charge in [0, 0.05) is 33.9 Å². The average molecular weight is 859 g/mol. The Hall–Kier alpha value is -3.89. The molecule has 0 radical (unpaired) electrons. The molecule has 0 spiro atoms. The first-order chi connectivity index (χ1) is 29.4. The lowest BCUT2D eigenvalue weighted by atomic mass is 9.99. The fourth-order valence-corrected chi connectivity index (χ4v) is 8.60. The van der Waals surface area contributed by atoms with Gasteiger partial charge in [-0.2, -0.15) is 0 Å². The SMILES string of the molecule is C[C@@H]1O[C@@H](O[C@@H]2[C@@H](C)O[C@@H](O[C@@H]3C[C@H](Oc4ccc(OCOCC[Si](C)(C)C)cc4)O[C@H](C)[C@H]3OC(=O)c3ccccc3)C[C@H]2OCc2ccc3ccccc3c2)CC[C@@H]1O. The second-order valence-corrected chi connectivity index (χ2v) is 23.2. The van der Waals surface area contributed by atoms with E-state index in [1.807, 2.05) is 63.2 Å². The molecule has 12 nitrogen and oxygen atoms in total. The van der Waals surface area contributed by atoms with E-state index in [0.717, 1.165) is 22.4 Å². The van der Waals surface area contributed by atoms with E-state index in [0.29, 0.717) is 49.5 Å². The van der Waals surface area contributed by atoms with Crippen LogP contribution in [0.25, 0.3) is 10.8 Å². The fraction of sp³-hybridized carbons (Fsp3) is 0.521. The van der Waals surface area contributed by atoms with Gasteiger partial charge in [-0.3, -0.25) is 0 Å². The summed E-state index contributed by atoms with van der Waals surface area (Å²) in [6.45, 7) is 13.8. The summed E-state index contributed by atoms with van der Waals surface area (Å²) in [6, 6.07) is 31.8. The van der Waals surface area contributed by atoms with Gasteiger partial charge >= 0.3 is 5.97 Å². The van der Waals surface area contributed by atoms with Crippen LogP contribution >= 0.6 is 0 Å². The lowest BCUT2D eigenvalue weighted by molar-refractivity contribution is -0.326. The van der Waals surface area contributed by atoms with Crippen LogP contribution in [-0.2, 0) is 44.5 Å². The third-order valence-electron chi connectivity index (χ3n) is 11.4. The van der Waals surface area contributed by atoms with E-state index in [4.69, 9.17) is 47.4 Å². The molecule has 13 heteroatoms. The Morgan fingerprint density at radius 2 is 1.38 bits per heavy atom. The Bertz CT molecular complexity index is 1980. The number of aliphatic hydroxyl groups excluding tert-OH is 1. The monoisotopic (exact) mass is 858 g/mol. The van der Waals surface area contributed by atoms with Crippen LogP contribution in [0.5, 0.6) is 11.5 Å².